The quantitative estimate of drug-likeness (QED) is 0.677. The molecule has 0 atom stereocenters. The van der Waals surface area contributed by atoms with Crippen LogP contribution in [0.25, 0.3) is 4.91 Å². The van der Waals surface area contributed by atoms with Gasteiger partial charge in [0.15, 0.2) is 0 Å². The van der Waals surface area contributed by atoms with Crippen molar-refractivity contribution < 1.29 is 4.74 Å². The molecule has 0 bridgehead atoms. The van der Waals surface area contributed by atoms with Gasteiger partial charge < -0.3 is 4.74 Å². The van der Waals surface area contributed by atoms with E-state index in [4.69, 9.17) is 4.74 Å². The van der Waals surface area contributed by atoms with Gasteiger partial charge in [0.05, 0.1) is 5.54 Å². The predicted molar refractivity (Wildman–Crippen MR) is 102 cm³/mol. The van der Waals surface area contributed by atoms with Crippen LogP contribution in [0.15, 0.2) is 60.2 Å². The molecule has 0 saturated heterocycles. The van der Waals surface area contributed by atoms with E-state index in [0.29, 0.717) is 0 Å². The molecule has 2 aliphatic rings. The van der Waals surface area contributed by atoms with Crippen LogP contribution in [0.3, 0.4) is 0 Å². The normalized spacial score (nSPS) is 19.7. The first-order valence-electron chi connectivity index (χ1n) is 8.76. The Hall–Kier alpha value is -1.71. The number of ether oxygens (including phenoxy) is 1. The van der Waals surface area contributed by atoms with Crippen LogP contribution in [0, 0.1) is 0 Å². The summed E-state index contributed by atoms with van der Waals surface area (Å²) in [6, 6.07) is 18.4. The second-order valence-electron chi connectivity index (χ2n) is 6.74. The molecule has 2 nitrogen and oxygen atoms in total. The van der Waals surface area contributed by atoms with Gasteiger partial charge in [-0.1, -0.05) is 49.6 Å². The number of rotatable bonds is 3. The third kappa shape index (κ3) is 2.99. The maximum absolute atomic E-state index is 6.00. The standard InChI is InChI=1S/C21H23NOS/c1-16-20(24-22-21(16)13-6-3-7-14-21)17-9-8-12-19(15-17)23-18-10-4-2-5-11-18/h2,4-5,8-12,15,22H,3,6-7,13-14H2,1H3. The number of hydrogen-bond acceptors (Lipinski definition) is 3. The summed E-state index contributed by atoms with van der Waals surface area (Å²) in [6.45, 7) is 2.30. The molecular formula is C21H23NOS. The molecule has 1 spiro atoms. The molecule has 0 radical (unpaired) electrons. The number of para-hydroxylation sites is 1. The van der Waals surface area contributed by atoms with Crippen molar-refractivity contribution in [3.8, 4) is 11.5 Å². The zero-order chi connectivity index (χ0) is 16.4. The molecule has 1 N–H and O–H groups in total. The fourth-order valence-corrected chi connectivity index (χ4v) is 5.00. The van der Waals surface area contributed by atoms with Gasteiger partial charge in [0.2, 0.25) is 0 Å². The lowest BCUT2D eigenvalue weighted by Crippen LogP contribution is -2.41. The molecule has 0 amide bonds. The van der Waals surface area contributed by atoms with E-state index in [-0.39, 0.29) is 5.54 Å². The third-order valence-electron chi connectivity index (χ3n) is 5.19. The van der Waals surface area contributed by atoms with Crippen molar-refractivity contribution in [3.05, 3.63) is 65.7 Å². The lowest BCUT2D eigenvalue weighted by molar-refractivity contribution is 0.326. The summed E-state index contributed by atoms with van der Waals surface area (Å²) in [5, 5.41) is 0. The Balaban J connectivity index is 1.61. The first kappa shape index (κ1) is 15.8. The van der Waals surface area contributed by atoms with E-state index < -0.39 is 0 Å². The predicted octanol–water partition coefficient (Wildman–Crippen LogP) is 6.16. The lowest BCUT2D eigenvalue weighted by Gasteiger charge is -2.34. The Morgan fingerprint density at radius 1 is 0.917 bits per heavy atom. The summed E-state index contributed by atoms with van der Waals surface area (Å²) in [6.07, 6.45) is 6.55. The summed E-state index contributed by atoms with van der Waals surface area (Å²) >= 11 is 1.80. The van der Waals surface area contributed by atoms with E-state index in [2.05, 4.69) is 29.8 Å². The molecule has 0 aromatic heterocycles. The summed E-state index contributed by atoms with van der Waals surface area (Å²) in [7, 11) is 0. The van der Waals surface area contributed by atoms with Crippen LogP contribution in [0.4, 0.5) is 0 Å². The molecule has 2 aromatic carbocycles. The molecule has 3 heteroatoms. The second-order valence-corrected chi connectivity index (χ2v) is 7.56. The highest BCUT2D eigenvalue weighted by atomic mass is 32.2. The molecule has 1 heterocycles. The van der Waals surface area contributed by atoms with Crippen LogP contribution in [0.2, 0.25) is 0 Å². The van der Waals surface area contributed by atoms with Gasteiger partial charge in [-0.2, -0.15) is 0 Å². The molecule has 0 unspecified atom stereocenters. The van der Waals surface area contributed by atoms with Crippen LogP contribution in [-0.2, 0) is 0 Å². The maximum Gasteiger partial charge on any atom is 0.128 e. The van der Waals surface area contributed by atoms with E-state index >= 15 is 0 Å². The summed E-state index contributed by atoms with van der Waals surface area (Å²) in [5.41, 5.74) is 2.97. The van der Waals surface area contributed by atoms with Crippen LogP contribution in [0.5, 0.6) is 11.5 Å². The van der Waals surface area contributed by atoms with Gasteiger partial charge in [-0.3, -0.25) is 0 Å². The van der Waals surface area contributed by atoms with Crippen LogP contribution < -0.4 is 9.46 Å². The maximum atomic E-state index is 6.00. The largest absolute Gasteiger partial charge is 0.457 e. The average molecular weight is 337 g/mol. The van der Waals surface area contributed by atoms with Gasteiger partial charge in [0.25, 0.3) is 0 Å². The molecule has 1 aliphatic heterocycles. The Morgan fingerprint density at radius 2 is 1.67 bits per heavy atom. The Bertz CT molecular complexity index is 747. The van der Waals surface area contributed by atoms with Gasteiger partial charge in [-0.05, 0) is 67.1 Å². The van der Waals surface area contributed by atoms with Gasteiger partial charge in [-0.15, -0.1) is 0 Å². The van der Waals surface area contributed by atoms with Gasteiger partial charge in [-0.25, -0.2) is 4.72 Å². The molecule has 1 saturated carbocycles. The Labute approximate surface area is 148 Å². The van der Waals surface area contributed by atoms with Gasteiger partial charge in [0, 0.05) is 4.91 Å². The van der Waals surface area contributed by atoms with Crippen molar-refractivity contribution in [2.45, 2.75) is 44.6 Å². The van der Waals surface area contributed by atoms with Crippen molar-refractivity contribution in [2.24, 2.45) is 0 Å². The van der Waals surface area contributed by atoms with Gasteiger partial charge >= 0.3 is 0 Å². The molecular weight excluding hydrogens is 314 g/mol. The highest BCUT2D eigenvalue weighted by molar-refractivity contribution is 8.07. The number of hydrogen-bond donors (Lipinski definition) is 1. The monoisotopic (exact) mass is 337 g/mol. The summed E-state index contributed by atoms with van der Waals surface area (Å²) in [4.78, 5) is 1.37. The van der Waals surface area contributed by atoms with Crippen molar-refractivity contribution in [2.75, 3.05) is 0 Å². The van der Waals surface area contributed by atoms with Crippen molar-refractivity contribution in [3.63, 3.8) is 0 Å². The first-order valence-corrected chi connectivity index (χ1v) is 9.57. The van der Waals surface area contributed by atoms with Gasteiger partial charge in [0.1, 0.15) is 11.5 Å². The van der Waals surface area contributed by atoms with E-state index in [1.807, 2.05) is 36.4 Å². The molecule has 124 valence electrons. The number of nitrogens with one attached hydrogen (secondary N) is 1. The highest BCUT2D eigenvalue weighted by Gasteiger charge is 2.40. The summed E-state index contributed by atoms with van der Waals surface area (Å²) < 4.78 is 9.74. The molecule has 1 fully saturated rings. The van der Waals surface area contributed by atoms with E-state index in [1.165, 1.54) is 48.1 Å². The molecule has 4 rings (SSSR count). The zero-order valence-electron chi connectivity index (χ0n) is 14.0. The second kappa shape index (κ2) is 6.66. The fourth-order valence-electron chi connectivity index (χ4n) is 3.75. The van der Waals surface area contributed by atoms with E-state index in [9.17, 15) is 0 Å². The molecule has 24 heavy (non-hydrogen) atoms. The van der Waals surface area contributed by atoms with Crippen molar-refractivity contribution in [1.82, 2.24) is 4.72 Å². The fraction of sp³-hybridized carbons (Fsp3) is 0.333. The third-order valence-corrected chi connectivity index (χ3v) is 6.43. The first-order chi connectivity index (χ1) is 11.8. The van der Waals surface area contributed by atoms with Crippen molar-refractivity contribution >= 4 is 16.9 Å². The smallest absolute Gasteiger partial charge is 0.128 e. The lowest BCUT2D eigenvalue weighted by atomic mass is 9.77. The van der Waals surface area contributed by atoms with E-state index in [1.54, 1.807) is 11.9 Å². The van der Waals surface area contributed by atoms with E-state index in [0.717, 1.165) is 11.5 Å². The van der Waals surface area contributed by atoms with Crippen LogP contribution >= 0.6 is 11.9 Å². The van der Waals surface area contributed by atoms with Crippen LogP contribution in [0.1, 0.15) is 44.6 Å². The SMILES string of the molecule is CC1=C(c2cccc(Oc3ccccc3)c2)SNC12CCCCC2. The topological polar surface area (TPSA) is 21.3 Å². The summed E-state index contributed by atoms with van der Waals surface area (Å²) in [5.74, 6) is 1.77. The van der Waals surface area contributed by atoms with Crippen LogP contribution in [-0.4, -0.2) is 5.54 Å². The minimum Gasteiger partial charge on any atom is -0.457 e. The van der Waals surface area contributed by atoms with Crippen molar-refractivity contribution in [1.29, 1.82) is 0 Å². The minimum atomic E-state index is 0.217. The Morgan fingerprint density at radius 3 is 2.46 bits per heavy atom. The average Bonchev–Trinajstić information content (AvgIpc) is 2.93. The highest BCUT2D eigenvalue weighted by Crippen LogP contribution is 2.48. The molecule has 2 aromatic rings. The minimum absolute atomic E-state index is 0.217. The number of benzene rings is 2. The molecule has 1 aliphatic carbocycles. The zero-order valence-corrected chi connectivity index (χ0v) is 14.9. The Kier molecular flexibility index (Phi) is 4.38.